The number of nitrogens with zero attached hydrogens (tertiary/aromatic N) is 1. The van der Waals surface area contributed by atoms with Crippen molar-refractivity contribution >= 4 is 23.2 Å². The van der Waals surface area contributed by atoms with E-state index in [1.165, 1.54) is 12.8 Å². The van der Waals surface area contributed by atoms with Gasteiger partial charge in [-0.3, -0.25) is 0 Å². The van der Waals surface area contributed by atoms with Crippen LogP contribution in [0.5, 0.6) is 11.6 Å². The zero-order valence-electron chi connectivity index (χ0n) is 10.8. The topological polar surface area (TPSA) is 34.1 Å². The molecule has 20 heavy (non-hydrogen) atoms. The van der Waals surface area contributed by atoms with Gasteiger partial charge in [0.2, 0.25) is 5.88 Å². The molecule has 0 atom stereocenters. The molecular weight excluding hydrogens is 295 g/mol. The van der Waals surface area contributed by atoms with Crippen LogP contribution < -0.4 is 10.1 Å². The van der Waals surface area contributed by atoms with E-state index in [-0.39, 0.29) is 0 Å². The minimum absolute atomic E-state index is 0.399. The van der Waals surface area contributed by atoms with Crippen LogP contribution in [0.15, 0.2) is 36.5 Å². The molecule has 1 saturated carbocycles. The van der Waals surface area contributed by atoms with E-state index in [0.717, 1.165) is 12.1 Å². The summed E-state index contributed by atoms with van der Waals surface area (Å²) < 4.78 is 5.63. The number of nitrogens with one attached hydrogen (secondary N) is 1. The van der Waals surface area contributed by atoms with Gasteiger partial charge in [-0.1, -0.05) is 35.3 Å². The second kappa shape index (κ2) is 6.00. The molecule has 0 spiro atoms. The van der Waals surface area contributed by atoms with Crippen LogP contribution in [0.25, 0.3) is 0 Å². The number of benzene rings is 1. The molecule has 1 fully saturated rings. The predicted molar refractivity (Wildman–Crippen MR) is 80.6 cm³/mol. The monoisotopic (exact) mass is 308 g/mol. The first kappa shape index (κ1) is 13.7. The lowest BCUT2D eigenvalue weighted by Crippen LogP contribution is -2.15. The SMILES string of the molecule is Clc1cccc(Oc2ccc(CNC3CC3)cn2)c1Cl. The quantitative estimate of drug-likeness (QED) is 0.887. The van der Waals surface area contributed by atoms with Crippen molar-refractivity contribution in [1.29, 1.82) is 0 Å². The molecule has 1 aliphatic carbocycles. The Morgan fingerprint density at radius 1 is 1.20 bits per heavy atom. The maximum absolute atomic E-state index is 6.07. The maximum Gasteiger partial charge on any atom is 0.219 e. The zero-order chi connectivity index (χ0) is 13.9. The van der Waals surface area contributed by atoms with Crippen LogP contribution in [0.1, 0.15) is 18.4 Å². The Hall–Kier alpha value is -1.29. The number of halogens is 2. The van der Waals surface area contributed by atoms with Crippen molar-refractivity contribution in [3.05, 3.63) is 52.1 Å². The molecule has 3 nitrogen and oxygen atoms in total. The largest absolute Gasteiger partial charge is 0.437 e. The van der Waals surface area contributed by atoms with Gasteiger partial charge in [0, 0.05) is 24.8 Å². The average Bonchev–Trinajstić information content (AvgIpc) is 3.27. The van der Waals surface area contributed by atoms with Gasteiger partial charge in [0.05, 0.1) is 5.02 Å². The lowest BCUT2D eigenvalue weighted by Gasteiger charge is -2.08. The van der Waals surface area contributed by atoms with Crippen LogP contribution in [0.3, 0.4) is 0 Å². The summed E-state index contributed by atoms with van der Waals surface area (Å²) in [6.07, 6.45) is 4.37. The Labute approximate surface area is 127 Å². The number of rotatable bonds is 5. The highest BCUT2D eigenvalue weighted by Crippen LogP contribution is 2.33. The first-order chi connectivity index (χ1) is 9.72. The Balaban J connectivity index is 1.66. The van der Waals surface area contributed by atoms with Gasteiger partial charge in [0.25, 0.3) is 0 Å². The first-order valence-electron chi connectivity index (χ1n) is 6.52. The van der Waals surface area contributed by atoms with E-state index in [0.29, 0.717) is 27.7 Å². The first-order valence-corrected chi connectivity index (χ1v) is 7.28. The van der Waals surface area contributed by atoms with Crippen molar-refractivity contribution in [2.45, 2.75) is 25.4 Å². The Morgan fingerprint density at radius 3 is 2.75 bits per heavy atom. The summed E-state index contributed by atoms with van der Waals surface area (Å²) in [6.45, 7) is 0.843. The maximum atomic E-state index is 6.07. The molecule has 0 bridgehead atoms. The van der Waals surface area contributed by atoms with E-state index >= 15 is 0 Å². The van der Waals surface area contributed by atoms with Gasteiger partial charge in [-0.25, -0.2) is 4.98 Å². The lowest BCUT2D eigenvalue weighted by atomic mass is 10.3. The highest BCUT2D eigenvalue weighted by Gasteiger charge is 2.19. The molecule has 1 aromatic heterocycles. The van der Waals surface area contributed by atoms with Crippen LogP contribution in [-0.4, -0.2) is 11.0 Å². The third-order valence-corrected chi connectivity index (χ3v) is 3.90. The van der Waals surface area contributed by atoms with E-state index < -0.39 is 0 Å². The van der Waals surface area contributed by atoms with E-state index in [1.807, 2.05) is 18.3 Å². The van der Waals surface area contributed by atoms with E-state index in [2.05, 4.69) is 10.3 Å². The second-order valence-electron chi connectivity index (χ2n) is 4.81. The minimum atomic E-state index is 0.399. The summed E-state index contributed by atoms with van der Waals surface area (Å²) in [7, 11) is 0. The normalized spacial score (nSPS) is 14.3. The highest BCUT2D eigenvalue weighted by atomic mass is 35.5. The predicted octanol–water partition coefficient (Wildman–Crippen LogP) is 4.43. The minimum Gasteiger partial charge on any atom is -0.437 e. The van der Waals surface area contributed by atoms with Crippen LogP contribution >= 0.6 is 23.2 Å². The van der Waals surface area contributed by atoms with Crippen molar-refractivity contribution < 1.29 is 4.74 Å². The third-order valence-electron chi connectivity index (χ3n) is 3.10. The molecular formula is C15H14Cl2N2O. The average molecular weight is 309 g/mol. The Morgan fingerprint density at radius 2 is 2.05 bits per heavy atom. The molecule has 0 radical (unpaired) electrons. The molecule has 0 saturated heterocycles. The number of aromatic nitrogens is 1. The van der Waals surface area contributed by atoms with Crippen LogP contribution in [-0.2, 0) is 6.54 Å². The molecule has 0 aliphatic heterocycles. The number of hydrogen-bond donors (Lipinski definition) is 1. The van der Waals surface area contributed by atoms with E-state index in [1.54, 1.807) is 18.2 Å². The summed E-state index contributed by atoms with van der Waals surface area (Å²) in [6, 6.07) is 9.79. The summed E-state index contributed by atoms with van der Waals surface area (Å²) >= 11 is 12.0. The summed E-state index contributed by atoms with van der Waals surface area (Å²) in [5.74, 6) is 1.01. The van der Waals surface area contributed by atoms with E-state index in [9.17, 15) is 0 Å². The molecule has 0 amide bonds. The Kier molecular flexibility index (Phi) is 4.10. The van der Waals surface area contributed by atoms with Crippen molar-refractivity contribution in [3.8, 4) is 11.6 Å². The molecule has 3 rings (SSSR count). The smallest absolute Gasteiger partial charge is 0.219 e. The molecule has 104 valence electrons. The van der Waals surface area contributed by atoms with Gasteiger partial charge in [-0.2, -0.15) is 0 Å². The van der Waals surface area contributed by atoms with Crippen LogP contribution in [0, 0.1) is 0 Å². The summed E-state index contributed by atoms with van der Waals surface area (Å²) in [5.41, 5.74) is 1.14. The van der Waals surface area contributed by atoms with Crippen molar-refractivity contribution in [1.82, 2.24) is 10.3 Å². The van der Waals surface area contributed by atoms with Crippen molar-refractivity contribution in [2.75, 3.05) is 0 Å². The van der Waals surface area contributed by atoms with Crippen LogP contribution in [0.2, 0.25) is 10.0 Å². The number of pyridine rings is 1. The number of ether oxygens (including phenoxy) is 1. The standard InChI is InChI=1S/C15H14Cl2N2O/c16-12-2-1-3-13(15(12)17)20-14-7-4-10(9-19-14)8-18-11-5-6-11/h1-4,7,9,11,18H,5-6,8H2. The molecule has 1 heterocycles. The molecule has 1 N–H and O–H groups in total. The second-order valence-corrected chi connectivity index (χ2v) is 5.60. The molecule has 0 unspecified atom stereocenters. The molecule has 1 aliphatic rings. The summed E-state index contributed by atoms with van der Waals surface area (Å²) in [4.78, 5) is 4.28. The Bertz CT molecular complexity index is 597. The fraction of sp³-hybridized carbons (Fsp3) is 0.267. The van der Waals surface area contributed by atoms with E-state index in [4.69, 9.17) is 27.9 Å². The van der Waals surface area contributed by atoms with Gasteiger partial charge in [0.15, 0.2) is 0 Å². The lowest BCUT2D eigenvalue weighted by molar-refractivity contribution is 0.462. The van der Waals surface area contributed by atoms with Crippen LogP contribution in [0.4, 0.5) is 0 Å². The van der Waals surface area contributed by atoms with Gasteiger partial charge in [-0.05, 0) is 30.5 Å². The van der Waals surface area contributed by atoms with Crippen molar-refractivity contribution in [2.24, 2.45) is 0 Å². The van der Waals surface area contributed by atoms with Gasteiger partial charge < -0.3 is 10.1 Å². The highest BCUT2D eigenvalue weighted by molar-refractivity contribution is 6.42. The zero-order valence-corrected chi connectivity index (χ0v) is 12.3. The van der Waals surface area contributed by atoms with Gasteiger partial charge in [0.1, 0.15) is 10.8 Å². The third kappa shape index (κ3) is 3.42. The fourth-order valence-electron chi connectivity index (χ4n) is 1.80. The van der Waals surface area contributed by atoms with Gasteiger partial charge >= 0.3 is 0 Å². The molecule has 1 aromatic carbocycles. The van der Waals surface area contributed by atoms with Crippen molar-refractivity contribution in [3.63, 3.8) is 0 Å². The molecule has 2 aromatic rings. The van der Waals surface area contributed by atoms with Gasteiger partial charge in [-0.15, -0.1) is 0 Å². The number of hydrogen-bond acceptors (Lipinski definition) is 3. The molecule has 5 heteroatoms. The fourth-order valence-corrected chi connectivity index (χ4v) is 2.13. The summed E-state index contributed by atoms with van der Waals surface area (Å²) in [5, 5.41) is 4.30.